The fraction of sp³-hybridized carbons (Fsp3) is 0.588. The van der Waals surface area contributed by atoms with Crippen molar-refractivity contribution in [3.63, 3.8) is 0 Å². The molecule has 1 N–H and O–H groups in total. The molecule has 116 valence electrons. The number of benzene rings is 1. The number of hydrogen-bond acceptors (Lipinski definition) is 1. The van der Waals surface area contributed by atoms with Crippen LogP contribution >= 0.6 is 11.6 Å². The van der Waals surface area contributed by atoms with Crippen molar-refractivity contribution in [3.8, 4) is 0 Å². The van der Waals surface area contributed by atoms with E-state index in [1.807, 2.05) is 4.90 Å². The SMILES string of the molecule is CC(C)c1ccc([C@@H](C)[NH+]2CCN(C(=O)CCl)CC2)cc1. The van der Waals surface area contributed by atoms with Gasteiger partial charge in [-0.1, -0.05) is 38.1 Å². The molecule has 1 aromatic carbocycles. The number of carbonyl (C=O) groups is 1. The van der Waals surface area contributed by atoms with E-state index in [9.17, 15) is 4.79 Å². The summed E-state index contributed by atoms with van der Waals surface area (Å²) in [6.07, 6.45) is 0. The van der Waals surface area contributed by atoms with Crippen LogP contribution in [-0.2, 0) is 4.79 Å². The van der Waals surface area contributed by atoms with Crippen LogP contribution in [0.15, 0.2) is 24.3 Å². The molecule has 0 bridgehead atoms. The molecule has 0 aromatic heterocycles. The van der Waals surface area contributed by atoms with Crippen LogP contribution in [0.5, 0.6) is 0 Å². The molecular formula is C17H26ClN2O+. The van der Waals surface area contributed by atoms with E-state index >= 15 is 0 Å². The molecule has 0 radical (unpaired) electrons. The number of amides is 1. The highest BCUT2D eigenvalue weighted by molar-refractivity contribution is 6.27. The second kappa shape index (κ2) is 7.28. The lowest BCUT2D eigenvalue weighted by Gasteiger charge is -2.35. The average molecular weight is 310 g/mol. The number of quaternary nitrogens is 1. The fourth-order valence-electron chi connectivity index (χ4n) is 2.97. The van der Waals surface area contributed by atoms with Crippen molar-refractivity contribution in [2.45, 2.75) is 32.7 Å². The van der Waals surface area contributed by atoms with Crippen LogP contribution in [0.2, 0.25) is 0 Å². The molecule has 0 spiro atoms. The van der Waals surface area contributed by atoms with Gasteiger partial charge in [-0.15, -0.1) is 11.6 Å². The summed E-state index contributed by atoms with van der Waals surface area (Å²) in [5, 5.41) is 0. The summed E-state index contributed by atoms with van der Waals surface area (Å²) in [6, 6.07) is 9.46. The highest BCUT2D eigenvalue weighted by atomic mass is 35.5. The third kappa shape index (κ3) is 3.98. The number of nitrogens with one attached hydrogen (secondary N) is 1. The number of piperazine rings is 1. The van der Waals surface area contributed by atoms with E-state index in [2.05, 4.69) is 45.0 Å². The van der Waals surface area contributed by atoms with Crippen LogP contribution in [0, 0.1) is 0 Å². The summed E-state index contributed by atoms with van der Waals surface area (Å²) in [7, 11) is 0. The number of rotatable bonds is 4. The minimum atomic E-state index is 0.0599. The Hall–Kier alpha value is -1.06. The molecule has 0 unspecified atom stereocenters. The predicted octanol–water partition coefficient (Wildman–Crippen LogP) is 1.84. The lowest BCUT2D eigenvalue weighted by atomic mass is 9.99. The van der Waals surface area contributed by atoms with E-state index in [1.54, 1.807) is 4.90 Å². The molecule has 1 amide bonds. The first-order valence-corrected chi connectivity index (χ1v) is 8.34. The van der Waals surface area contributed by atoms with Gasteiger partial charge in [-0.05, 0) is 18.4 Å². The topological polar surface area (TPSA) is 24.8 Å². The minimum Gasteiger partial charge on any atom is -0.330 e. The highest BCUT2D eigenvalue weighted by Crippen LogP contribution is 2.17. The Morgan fingerprint density at radius 3 is 2.14 bits per heavy atom. The number of halogens is 1. The second-order valence-corrected chi connectivity index (χ2v) is 6.48. The summed E-state index contributed by atoms with van der Waals surface area (Å²) in [5.74, 6) is 0.734. The van der Waals surface area contributed by atoms with Crippen molar-refractivity contribution in [1.82, 2.24) is 4.90 Å². The maximum absolute atomic E-state index is 11.6. The lowest BCUT2D eigenvalue weighted by molar-refractivity contribution is -0.933. The van der Waals surface area contributed by atoms with Gasteiger partial charge in [-0.2, -0.15) is 0 Å². The van der Waals surface area contributed by atoms with Crippen molar-refractivity contribution >= 4 is 17.5 Å². The molecule has 1 aliphatic rings. The first-order valence-electron chi connectivity index (χ1n) is 7.81. The molecule has 1 aromatic rings. The predicted molar refractivity (Wildman–Crippen MR) is 86.9 cm³/mol. The largest absolute Gasteiger partial charge is 0.330 e. The van der Waals surface area contributed by atoms with Gasteiger partial charge in [0.25, 0.3) is 0 Å². The van der Waals surface area contributed by atoms with Crippen LogP contribution in [0.1, 0.15) is 43.9 Å². The molecule has 1 atom stereocenters. The van der Waals surface area contributed by atoms with Gasteiger partial charge in [-0.3, -0.25) is 4.79 Å². The normalized spacial score (nSPS) is 18.0. The quantitative estimate of drug-likeness (QED) is 0.844. The zero-order chi connectivity index (χ0) is 15.4. The van der Waals surface area contributed by atoms with Gasteiger partial charge in [-0.25, -0.2) is 0 Å². The Balaban J connectivity index is 1.95. The van der Waals surface area contributed by atoms with Gasteiger partial charge in [0.2, 0.25) is 5.91 Å². The first kappa shape index (κ1) is 16.3. The molecule has 2 rings (SSSR count). The maximum Gasteiger partial charge on any atom is 0.237 e. The first-order chi connectivity index (χ1) is 10.0. The molecule has 4 heteroatoms. The van der Waals surface area contributed by atoms with Crippen LogP contribution in [0.4, 0.5) is 0 Å². The van der Waals surface area contributed by atoms with Gasteiger partial charge in [0.05, 0.1) is 26.2 Å². The van der Waals surface area contributed by atoms with Crippen molar-refractivity contribution in [1.29, 1.82) is 0 Å². The lowest BCUT2D eigenvalue weighted by Crippen LogP contribution is -3.14. The summed E-state index contributed by atoms with van der Waals surface area (Å²) in [6.45, 7) is 10.3. The van der Waals surface area contributed by atoms with Crippen molar-refractivity contribution < 1.29 is 9.69 Å². The Morgan fingerprint density at radius 2 is 1.67 bits per heavy atom. The highest BCUT2D eigenvalue weighted by Gasteiger charge is 2.27. The summed E-state index contributed by atoms with van der Waals surface area (Å²) in [4.78, 5) is 15.0. The van der Waals surface area contributed by atoms with E-state index in [0.717, 1.165) is 26.2 Å². The van der Waals surface area contributed by atoms with Gasteiger partial charge < -0.3 is 9.80 Å². The molecule has 0 aliphatic carbocycles. The van der Waals surface area contributed by atoms with Crippen LogP contribution < -0.4 is 4.90 Å². The second-order valence-electron chi connectivity index (χ2n) is 6.22. The summed E-state index contributed by atoms with van der Waals surface area (Å²) >= 11 is 5.62. The smallest absolute Gasteiger partial charge is 0.237 e. The molecule has 1 fully saturated rings. The Labute approximate surface area is 132 Å². The Morgan fingerprint density at radius 1 is 1.14 bits per heavy atom. The zero-order valence-corrected chi connectivity index (χ0v) is 14.0. The molecule has 1 saturated heterocycles. The molecule has 1 heterocycles. The maximum atomic E-state index is 11.6. The molecule has 1 aliphatic heterocycles. The number of alkyl halides is 1. The molecule has 3 nitrogen and oxygen atoms in total. The van der Waals surface area contributed by atoms with Crippen LogP contribution in [-0.4, -0.2) is 42.9 Å². The Bertz CT molecular complexity index is 464. The monoisotopic (exact) mass is 309 g/mol. The van der Waals surface area contributed by atoms with Gasteiger partial charge in [0.1, 0.15) is 11.9 Å². The molecule has 21 heavy (non-hydrogen) atoms. The van der Waals surface area contributed by atoms with Gasteiger partial charge in [0, 0.05) is 5.56 Å². The third-order valence-corrected chi connectivity index (χ3v) is 4.82. The molecule has 0 saturated carbocycles. The molecular weight excluding hydrogens is 284 g/mol. The Kier molecular flexibility index (Phi) is 5.65. The van der Waals surface area contributed by atoms with E-state index in [4.69, 9.17) is 11.6 Å². The van der Waals surface area contributed by atoms with Gasteiger partial charge in [0.15, 0.2) is 0 Å². The van der Waals surface area contributed by atoms with Crippen molar-refractivity contribution in [2.75, 3.05) is 32.1 Å². The average Bonchev–Trinajstić information content (AvgIpc) is 2.53. The van der Waals surface area contributed by atoms with E-state index in [1.165, 1.54) is 11.1 Å². The van der Waals surface area contributed by atoms with Gasteiger partial charge >= 0.3 is 0 Å². The zero-order valence-electron chi connectivity index (χ0n) is 13.2. The number of carbonyl (C=O) groups excluding carboxylic acids is 1. The van der Waals surface area contributed by atoms with Crippen molar-refractivity contribution in [2.24, 2.45) is 0 Å². The summed E-state index contributed by atoms with van der Waals surface area (Å²) in [5.41, 5.74) is 2.77. The number of nitrogens with zero attached hydrogens (tertiary/aromatic N) is 1. The summed E-state index contributed by atoms with van der Waals surface area (Å²) < 4.78 is 0. The van der Waals surface area contributed by atoms with Crippen LogP contribution in [0.3, 0.4) is 0 Å². The third-order valence-electron chi connectivity index (χ3n) is 4.59. The fourth-order valence-corrected chi connectivity index (χ4v) is 3.14. The number of hydrogen-bond donors (Lipinski definition) is 1. The van der Waals surface area contributed by atoms with Crippen molar-refractivity contribution in [3.05, 3.63) is 35.4 Å². The van der Waals surface area contributed by atoms with E-state index in [0.29, 0.717) is 12.0 Å². The minimum absolute atomic E-state index is 0.0599. The standard InChI is InChI=1S/C17H25ClN2O/c1-13(2)15-4-6-16(7-5-15)14(3)19-8-10-20(11-9-19)17(21)12-18/h4-7,13-14H,8-12H2,1-3H3/p+1/t14-/m1/s1. The van der Waals surface area contributed by atoms with Crippen LogP contribution in [0.25, 0.3) is 0 Å². The van der Waals surface area contributed by atoms with E-state index in [-0.39, 0.29) is 11.8 Å². The van der Waals surface area contributed by atoms with E-state index < -0.39 is 0 Å².